The quantitative estimate of drug-likeness (QED) is 0.196. The van der Waals surface area contributed by atoms with Crippen LogP contribution < -0.4 is 4.98 Å². The highest BCUT2D eigenvalue weighted by Crippen LogP contribution is 2.25. The lowest BCUT2D eigenvalue weighted by molar-refractivity contribution is 0.0709. The molecule has 0 heterocycles. The van der Waals surface area contributed by atoms with E-state index in [1.165, 1.54) is 0 Å². The Labute approximate surface area is 150 Å². The van der Waals surface area contributed by atoms with Gasteiger partial charge in [0.1, 0.15) is 10.5 Å². The molecule has 0 atom stereocenters. The summed E-state index contributed by atoms with van der Waals surface area (Å²) in [6, 6.07) is 0.862. The van der Waals surface area contributed by atoms with E-state index >= 15 is 0 Å². The number of rotatable bonds is 12. The SMILES string of the molecule is CCO[Si](CCCN[Si](C)(C)O[SiH3])(OCC)OCC.O=P(O)(O)O. The molecule has 0 aromatic rings. The Balaban J connectivity index is 0. The molecule has 0 unspecified atom stereocenters. The molecule has 0 amide bonds. The van der Waals surface area contributed by atoms with Crippen LogP contribution >= 0.6 is 7.82 Å². The predicted molar refractivity (Wildman–Crippen MR) is 101 cm³/mol. The standard InChI is InChI=1S/C11H31NO4Si3.H3O4P/c1-6-13-19(14-7-2,15-8-3)11-9-10-12-18(4,5)16-17;1-5(2,3)4/h12H,6-11H2,1-5,17H3;(H3,1,2,3,4). The lowest BCUT2D eigenvalue weighted by Gasteiger charge is -2.29. The van der Waals surface area contributed by atoms with Crippen LogP contribution in [0.25, 0.3) is 0 Å². The molecule has 9 nitrogen and oxygen atoms in total. The number of phosphoric acid groups is 1. The molecule has 0 fully saturated rings. The molecule has 0 aliphatic heterocycles. The van der Waals surface area contributed by atoms with Crippen molar-refractivity contribution in [2.45, 2.75) is 46.3 Å². The maximum Gasteiger partial charge on any atom is 0.500 e. The van der Waals surface area contributed by atoms with Crippen molar-refractivity contribution >= 4 is 35.6 Å². The van der Waals surface area contributed by atoms with Gasteiger partial charge in [-0.05, 0) is 46.8 Å². The van der Waals surface area contributed by atoms with E-state index in [0.29, 0.717) is 19.8 Å². The molecule has 13 heteroatoms. The van der Waals surface area contributed by atoms with Crippen LogP contribution in [0, 0.1) is 0 Å². The summed E-state index contributed by atoms with van der Waals surface area (Å²) in [6.45, 7) is 13.2. The van der Waals surface area contributed by atoms with E-state index in [4.69, 9.17) is 36.6 Å². The van der Waals surface area contributed by atoms with Gasteiger partial charge in [0.15, 0.2) is 0 Å². The van der Waals surface area contributed by atoms with Gasteiger partial charge in [-0.25, -0.2) is 4.57 Å². The monoisotopic (exact) mass is 423 g/mol. The molecule has 0 saturated heterocycles. The summed E-state index contributed by atoms with van der Waals surface area (Å²) in [5, 5.41) is 0. The van der Waals surface area contributed by atoms with E-state index in [2.05, 4.69) is 18.1 Å². The van der Waals surface area contributed by atoms with Crippen LogP contribution in [0.2, 0.25) is 19.1 Å². The van der Waals surface area contributed by atoms with E-state index in [1.807, 2.05) is 20.8 Å². The third kappa shape index (κ3) is 17.4. The van der Waals surface area contributed by atoms with Crippen molar-refractivity contribution in [1.82, 2.24) is 4.98 Å². The summed E-state index contributed by atoms with van der Waals surface area (Å²) in [6.07, 6.45) is 0.994. The van der Waals surface area contributed by atoms with Gasteiger partial charge < -0.3 is 37.1 Å². The molecular weight excluding hydrogens is 389 g/mol. The minimum atomic E-state index is -4.64. The van der Waals surface area contributed by atoms with E-state index < -0.39 is 25.1 Å². The van der Waals surface area contributed by atoms with Gasteiger partial charge in [0.05, 0.1) is 0 Å². The second kappa shape index (κ2) is 13.7. The zero-order chi connectivity index (χ0) is 19.3. The Kier molecular flexibility index (Phi) is 15.3. The zero-order valence-electron chi connectivity index (χ0n) is 15.6. The van der Waals surface area contributed by atoms with Crippen molar-refractivity contribution in [2.75, 3.05) is 26.4 Å². The third-order valence-electron chi connectivity index (χ3n) is 2.81. The second-order valence-electron chi connectivity index (χ2n) is 5.24. The van der Waals surface area contributed by atoms with Crippen LogP contribution in [0.4, 0.5) is 0 Å². The summed E-state index contributed by atoms with van der Waals surface area (Å²) in [5.74, 6) is 0. The summed E-state index contributed by atoms with van der Waals surface area (Å²) < 4.78 is 31.9. The largest absolute Gasteiger partial charge is 0.500 e. The van der Waals surface area contributed by atoms with Crippen LogP contribution in [0.5, 0.6) is 0 Å². The summed E-state index contributed by atoms with van der Waals surface area (Å²) in [5.41, 5.74) is 0. The van der Waals surface area contributed by atoms with Crippen molar-refractivity contribution in [2.24, 2.45) is 0 Å². The second-order valence-corrected chi connectivity index (χ2v) is 14.0. The van der Waals surface area contributed by atoms with Crippen LogP contribution in [0.15, 0.2) is 0 Å². The van der Waals surface area contributed by atoms with Gasteiger partial charge in [0.25, 0.3) is 8.48 Å². The molecule has 0 aliphatic rings. The van der Waals surface area contributed by atoms with E-state index in [-0.39, 0.29) is 0 Å². The highest BCUT2D eigenvalue weighted by Gasteiger charge is 2.39. The fraction of sp³-hybridized carbons (Fsp3) is 1.00. The van der Waals surface area contributed by atoms with Gasteiger partial charge in [0, 0.05) is 25.9 Å². The van der Waals surface area contributed by atoms with Gasteiger partial charge >= 0.3 is 16.6 Å². The van der Waals surface area contributed by atoms with Crippen LogP contribution in [0.1, 0.15) is 27.2 Å². The molecule has 0 aliphatic carbocycles. The molecule has 0 radical (unpaired) electrons. The highest BCUT2D eigenvalue weighted by atomic mass is 31.2. The van der Waals surface area contributed by atoms with E-state index in [0.717, 1.165) is 29.5 Å². The molecule has 0 spiro atoms. The smallest absolute Gasteiger partial charge is 0.453 e. The summed E-state index contributed by atoms with van der Waals surface area (Å²) in [7, 11) is -7.93. The van der Waals surface area contributed by atoms with Crippen molar-refractivity contribution in [3.8, 4) is 0 Å². The average molecular weight is 424 g/mol. The van der Waals surface area contributed by atoms with Gasteiger partial charge in [-0.1, -0.05) is 0 Å². The Bertz CT molecular complexity index is 333. The minimum absolute atomic E-state index is 0.642. The maximum absolute atomic E-state index is 8.88. The average Bonchev–Trinajstić information content (AvgIpc) is 2.43. The Hall–Kier alpha value is 0.561. The summed E-state index contributed by atoms with van der Waals surface area (Å²) >= 11 is 0. The lowest BCUT2D eigenvalue weighted by atomic mass is 10.5. The van der Waals surface area contributed by atoms with Gasteiger partial charge in [-0.2, -0.15) is 0 Å². The molecule has 24 heavy (non-hydrogen) atoms. The lowest BCUT2D eigenvalue weighted by Crippen LogP contribution is -2.49. The van der Waals surface area contributed by atoms with Crippen LogP contribution in [-0.2, 0) is 22.0 Å². The molecule has 148 valence electrons. The fourth-order valence-corrected chi connectivity index (χ4v) is 5.74. The van der Waals surface area contributed by atoms with Crippen molar-refractivity contribution in [1.29, 1.82) is 0 Å². The van der Waals surface area contributed by atoms with Gasteiger partial charge in [-0.3, -0.25) is 0 Å². The first-order chi connectivity index (χ1) is 10.9. The first-order valence-electron chi connectivity index (χ1n) is 7.95. The van der Waals surface area contributed by atoms with Gasteiger partial charge in [-0.15, -0.1) is 0 Å². The van der Waals surface area contributed by atoms with Crippen LogP contribution in [-0.4, -0.2) is 68.8 Å². The van der Waals surface area contributed by atoms with E-state index in [9.17, 15) is 0 Å². The Morgan fingerprint density at radius 3 is 1.67 bits per heavy atom. The van der Waals surface area contributed by atoms with Crippen molar-refractivity contribution in [3.63, 3.8) is 0 Å². The fourth-order valence-electron chi connectivity index (χ4n) is 1.77. The van der Waals surface area contributed by atoms with Crippen molar-refractivity contribution in [3.05, 3.63) is 0 Å². The predicted octanol–water partition coefficient (Wildman–Crippen LogP) is 0.0847. The molecule has 0 saturated carbocycles. The molecule has 0 aromatic heterocycles. The molecule has 0 bridgehead atoms. The third-order valence-corrected chi connectivity index (χ3v) is 11.1. The number of nitrogens with one attached hydrogen (secondary N) is 1. The topological polar surface area (TPSA) is 127 Å². The van der Waals surface area contributed by atoms with E-state index in [1.54, 1.807) is 0 Å². The van der Waals surface area contributed by atoms with Gasteiger partial charge in [0.2, 0.25) is 0 Å². The molecule has 0 rings (SSSR count). The highest BCUT2D eigenvalue weighted by molar-refractivity contribution is 7.45. The maximum atomic E-state index is 8.88. The molecule has 0 aromatic carbocycles. The van der Waals surface area contributed by atoms with Crippen LogP contribution in [0.3, 0.4) is 0 Å². The first kappa shape index (κ1) is 26.8. The van der Waals surface area contributed by atoms with Crippen molar-refractivity contribution < 1.29 is 36.6 Å². The number of hydrogen-bond donors (Lipinski definition) is 4. The Morgan fingerprint density at radius 2 is 1.38 bits per heavy atom. The summed E-state index contributed by atoms with van der Waals surface area (Å²) in [4.78, 5) is 25.1. The minimum Gasteiger partial charge on any atom is -0.453 e. The number of hydrogen-bond acceptors (Lipinski definition) is 6. The normalized spacial score (nSPS) is 12.8. The Morgan fingerprint density at radius 1 is 1.00 bits per heavy atom. The molecule has 4 N–H and O–H groups in total. The first-order valence-corrected chi connectivity index (χ1v) is 15.2. The zero-order valence-corrected chi connectivity index (χ0v) is 20.5. The molecular formula is C11H34NO8PSi3.